The summed E-state index contributed by atoms with van der Waals surface area (Å²) in [6.45, 7) is 0.718. The van der Waals surface area contributed by atoms with Gasteiger partial charge in [0, 0.05) is 18.9 Å². The van der Waals surface area contributed by atoms with Crippen molar-refractivity contribution in [3.05, 3.63) is 0 Å². The summed E-state index contributed by atoms with van der Waals surface area (Å²) in [7, 11) is -3.35. The van der Waals surface area contributed by atoms with Crippen LogP contribution in [0.4, 0.5) is 0 Å². The highest BCUT2D eigenvalue weighted by Crippen LogP contribution is 1.99. The number of unbranched alkanes of at least 4 members (excludes halogenated alkanes) is 2. The van der Waals surface area contributed by atoms with Crippen LogP contribution in [0.3, 0.4) is 0 Å². The topological polar surface area (TPSA) is 69.7 Å². The van der Waals surface area contributed by atoms with Crippen molar-refractivity contribution in [3.8, 4) is 0 Å². The van der Waals surface area contributed by atoms with Crippen LogP contribution in [-0.4, -0.2) is 46.2 Å². The average molecular weight is 301 g/mol. The number of carbonyl (C=O) groups is 1. The van der Waals surface area contributed by atoms with Gasteiger partial charge in [0.1, 0.15) is 6.61 Å². The Hall–Kier alpha value is -0.170. The fourth-order valence-electron chi connectivity index (χ4n) is 1.19. The van der Waals surface area contributed by atoms with E-state index in [1.807, 2.05) is 0 Å². The van der Waals surface area contributed by atoms with Crippen LogP contribution in [0.1, 0.15) is 32.1 Å². The average Bonchev–Trinajstić information content (AvgIpc) is 2.26. The zero-order valence-electron chi connectivity index (χ0n) is 10.7. The van der Waals surface area contributed by atoms with Gasteiger partial charge in [-0.05, 0) is 25.7 Å². The molecule has 0 aromatic carbocycles. The number of carbonyl (C=O) groups excluding carboxylic acids is 1. The summed E-state index contributed by atoms with van der Waals surface area (Å²) in [4.78, 5) is 11.3. The van der Waals surface area contributed by atoms with Crippen molar-refractivity contribution >= 4 is 27.5 Å². The van der Waals surface area contributed by atoms with E-state index in [0.29, 0.717) is 31.7 Å². The molecule has 0 atom stereocenters. The summed E-state index contributed by atoms with van der Waals surface area (Å²) in [6.07, 6.45) is 4.43. The number of alkyl halides is 1. The molecule has 7 heteroatoms. The smallest absolute Gasteiger partial charge is 0.264 e. The highest BCUT2D eigenvalue weighted by Gasteiger charge is 2.03. The Kier molecular flexibility index (Phi) is 10.6. The van der Waals surface area contributed by atoms with Crippen LogP contribution in [0.2, 0.25) is 0 Å². The van der Waals surface area contributed by atoms with Gasteiger partial charge in [0.2, 0.25) is 0 Å². The fraction of sp³-hybridized carbons (Fsp3) is 0.909. The van der Waals surface area contributed by atoms with Gasteiger partial charge in [-0.1, -0.05) is 0 Å². The molecule has 0 radical (unpaired) electrons. The van der Waals surface area contributed by atoms with Gasteiger partial charge >= 0.3 is 0 Å². The highest BCUT2D eigenvalue weighted by molar-refractivity contribution is 7.85. The first-order valence-electron chi connectivity index (χ1n) is 5.95. The molecular formula is C11H21ClO5S. The van der Waals surface area contributed by atoms with E-state index in [-0.39, 0.29) is 19.0 Å². The van der Waals surface area contributed by atoms with Crippen molar-refractivity contribution in [1.82, 2.24) is 0 Å². The first-order valence-corrected chi connectivity index (χ1v) is 8.30. The van der Waals surface area contributed by atoms with E-state index in [9.17, 15) is 13.2 Å². The van der Waals surface area contributed by atoms with Crippen LogP contribution >= 0.6 is 11.6 Å². The summed E-state index contributed by atoms with van der Waals surface area (Å²) in [6, 6.07) is 0. The lowest BCUT2D eigenvalue weighted by molar-refractivity contribution is -0.123. The van der Waals surface area contributed by atoms with Gasteiger partial charge in [0.15, 0.2) is 5.78 Å². The first kappa shape index (κ1) is 17.8. The molecule has 0 bridgehead atoms. The third-order valence-corrected chi connectivity index (χ3v) is 2.94. The molecule has 0 spiro atoms. The standard InChI is InChI=1S/C11H21ClO5S/c1-18(14,15)17-9-5-4-8-16-10-11(13)6-2-3-7-12/h2-10H2,1H3. The second kappa shape index (κ2) is 10.7. The molecule has 5 nitrogen and oxygen atoms in total. The number of hydrogen-bond donors (Lipinski definition) is 0. The van der Waals surface area contributed by atoms with Crippen LogP contribution in [0.15, 0.2) is 0 Å². The summed E-state index contributed by atoms with van der Waals surface area (Å²) >= 11 is 5.50. The molecule has 0 fully saturated rings. The third kappa shape index (κ3) is 13.9. The van der Waals surface area contributed by atoms with Crippen LogP contribution in [0, 0.1) is 0 Å². The summed E-state index contributed by atoms with van der Waals surface area (Å²) in [5.41, 5.74) is 0. The number of halogens is 1. The van der Waals surface area contributed by atoms with Crippen molar-refractivity contribution in [2.24, 2.45) is 0 Å². The second-order valence-corrected chi connectivity index (χ2v) is 5.99. The molecule has 0 aromatic heterocycles. The van der Waals surface area contributed by atoms with Gasteiger partial charge in [-0.25, -0.2) is 0 Å². The molecule has 0 amide bonds. The first-order chi connectivity index (χ1) is 8.45. The quantitative estimate of drug-likeness (QED) is 0.312. The van der Waals surface area contributed by atoms with E-state index in [1.165, 1.54) is 0 Å². The highest BCUT2D eigenvalue weighted by atomic mass is 35.5. The molecule has 0 saturated heterocycles. The Balaban J connectivity index is 3.27. The number of hydrogen-bond acceptors (Lipinski definition) is 5. The van der Waals surface area contributed by atoms with E-state index in [0.717, 1.165) is 19.1 Å². The second-order valence-electron chi connectivity index (χ2n) is 3.97. The summed E-state index contributed by atoms with van der Waals surface area (Å²) in [5.74, 6) is 0.654. The molecule has 0 aliphatic carbocycles. The fourth-order valence-corrected chi connectivity index (χ4v) is 1.80. The number of Topliss-reactive ketones (excluding diaryl/α,β-unsaturated/α-hetero) is 1. The third-order valence-electron chi connectivity index (χ3n) is 2.08. The van der Waals surface area contributed by atoms with Crippen molar-refractivity contribution < 1.29 is 22.1 Å². The van der Waals surface area contributed by atoms with Gasteiger partial charge in [-0.3, -0.25) is 8.98 Å². The Morgan fingerprint density at radius 1 is 1.11 bits per heavy atom. The normalized spacial score (nSPS) is 11.7. The zero-order chi connectivity index (χ0) is 13.9. The molecule has 0 heterocycles. The van der Waals surface area contributed by atoms with Crippen molar-refractivity contribution in [1.29, 1.82) is 0 Å². The van der Waals surface area contributed by atoms with Gasteiger partial charge in [0.05, 0.1) is 12.9 Å². The van der Waals surface area contributed by atoms with Crippen LogP contribution in [0.25, 0.3) is 0 Å². The lowest BCUT2D eigenvalue weighted by Gasteiger charge is -2.04. The summed E-state index contributed by atoms with van der Waals surface area (Å²) in [5, 5.41) is 0. The van der Waals surface area contributed by atoms with E-state index in [4.69, 9.17) is 16.3 Å². The van der Waals surface area contributed by atoms with E-state index in [1.54, 1.807) is 0 Å². The van der Waals surface area contributed by atoms with E-state index < -0.39 is 10.1 Å². The minimum absolute atomic E-state index is 0.0764. The Labute approximate surface area is 114 Å². The maximum atomic E-state index is 11.3. The molecule has 0 rings (SSSR count). The Morgan fingerprint density at radius 2 is 1.78 bits per heavy atom. The van der Waals surface area contributed by atoms with Gasteiger partial charge in [-0.2, -0.15) is 8.42 Å². The number of rotatable bonds is 12. The number of ketones is 1. The van der Waals surface area contributed by atoms with Crippen molar-refractivity contribution in [2.45, 2.75) is 32.1 Å². The molecule has 0 aliphatic heterocycles. The Bertz CT molecular complexity index is 315. The Morgan fingerprint density at radius 3 is 2.39 bits per heavy atom. The van der Waals surface area contributed by atoms with Gasteiger partial charge < -0.3 is 4.74 Å². The summed E-state index contributed by atoms with van der Waals surface area (Å²) < 4.78 is 31.0. The minimum Gasteiger partial charge on any atom is -0.374 e. The SMILES string of the molecule is CS(=O)(=O)OCCCCOCC(=O)CCCCCl. The molecule has 0 saturated carbocycles. The predicted molar refractivity (Wildman–Crippen MR) is 70.4 cm³/mol. The number of ether oxygens (including phenoxy) is 1. The van der Waals surface area contributed by atoms with E-state index in [2.05, 4.69) is 4.18 Å². The van der Waals surface area contributed by atoms with Gasteiger partial charge in [-0.15, -0.1) is 11.6 Å². The van der Waals surface area contributed by atoms with Crippen molar-refractivity contribution in [3.63, 3.8) is 0 Å². The zero-order valence-corrected chi connectivity index (χ0v) is 12.3. The molecule has 0 aromatic rings. The van der Waals surface area contributed by atoms with Crippen LogP contribution in [-0.2, 0) is 23.8 Å². The molecule has 0 N–H and O–H groups in total. The van der Waals surface area contributed by atoms with E-state index >= 15 is 0 Å². The lowest BCUT2D eigenvalue weighted by Crippen LogP contribution is -2.10. The largest absolute Gasteiger partial charge is 0.374 e. The molecular weight excluding hydrogens is 280 g/mol. The molecule has 18 heavy (non-hydrogen) atoms. The predicted octanol–water partition coefficient (Wildman–Crippen LogP) is 1.74. The lowest BCUT2D eigenvalue weighted by atomic mass is 10.2. The van der Waals surface area contributed by atoms with Crippen LogP contribution < -0.4 is 0 Å². The minimum atomic E-state index is -3.35. The molecule has 0 aliphatic rings. The van der Waals surface area contributed by atoms with Crippen LogP contribution in [0.5, 0.6) is 0 Å². The molecule has 0 unspecified atom stereocenters. The molecule has 108 valence electrons. The maximum absolute atomic E-state index is 11.3. The van der Waals surface area contributed by atoms with Gasteiger partial charge in [0.25, 0.3) is 10.1 Å². The van der Waals surface area contributed by atoms with Crippen molar-refractivity contribution in [2.75, 3.05) is 32.0 Å². The monoisotopic (exact) mass is 300 g/mol. The maximum Gasteiger partial charge on any atom is 0.264 e.